The van der Waals surface area contributed by atoms with Crippen LogP contribution in [0.1, 0.15) is 65.7 Å². The molecule has 3 atom stereocenters. The Labute approximate surface area is 122 Å². The van der Waals surface area contributed by atoms with E-state index in [2.05, 4.69) is 26.1 Å². The molecule has 2 amide bonds. The van der Waals surface area contributed by atoms with Crippen LogP contribution >= 0.6 is 0 Å². The second-order valence-corrected chi connectivity index (χ2v) is 6.61. The Bertz CT molecular complexity index is 363. The molecule has 2 rings (SSSR count). The van der Waals surface area contributed by atoms with Crippen molar-refractivity contribution in [3.63, 3.8) is 0 Å². The van der Waals surface area contributed by atoms with Gasteiger partial charge in [0, 0.05) is 12.1 Å². The highest BCUT2D eigenvalue weighted by atomic mass is 16.2. The maximum atomic E-state index is 12.4. The van der Waals surface area contributed by atoms with Gasteiger partial charge < -0.3 is 5.32 Å². The molecule has 20 heavy (non-hydrogen) atoms. The largest absolute Gasteiger partial charge is 0.303 e. The van der Waals surface area contributed by atoms with E-state index >= 15 is 0 Å². The zero-order valence-corrected chi connectivity index (χ0v) is 13.0. The number of likely N-dealkylation sites (tertiary alicyclic amines) is 1. The van der Waals surface area contributed by atoms with E-state index in [0.717, 1.165) is 38.5 Å². The maximum Gasteiger partial charge on any atom is 0.247 e. The first-order valence-electron chi connectivity index (χ1n) is 8.14. The first kappa shape index (κ1) is 15.5. The quantitative estimate of drug-likeness (QED) is 0.760. The monoisotopic (exact) mass is 280 g/mol. The van der Waals surface area contributed by atoms with Gasteiger partial charge in [0.25, 0.3) is 0 Å². The third kappa shape index (κ3) is 3.40. The van der Waals surface area contributed by atoms with Gasteiger partial charge in [-0.05, 0) is 32.1 Å². The zero-order valence-electron chi connectivity index (χ0n) is 13.0. The number of hydrogen-bond acceptors (Lipinski definition) is 3. The molecule has 0 aromatic heterocycles. The lowest BCUT2D eigenvalue weighted by Gasteiger charge is -2.24. The van der Waals surface area contributed by atoms with Gasteiger partial charge in [0.05, 0.1) is 12.5 Å². The van der Waals surface area contributed by atoms with Crippen LogP contribution in [0.4, 0.5) is 0 Å². The number of nitrogens with zero attached hydrogens (tertiary/aromatic N) is 1. The highest BCUT2D eigenvalue weighted by Gasteiger charge is 2.43. The lowest BCUT2D eigenvalue weighted by Crippen LogP contribution is -2.45. The van der Waals surface area contributed by atoms with Crippen LogP contribution in [0.25, 0.3) is 0 Å². The van der Waals surface area contributed by atoms with Crippen LogP contribution in [0.5, 0.6) is 0 Å². The minimum Gasteiger partial charge on any atom is -0.303 e. The van der Waals surface area contributed by atoms with Gasteiger partial charge in [0.2, 0.25) is 11.8 Å². The smallest absolute Gasteiger partial charge is 0.247 e. The van der Waals surface area contributed by atoms with Crippen LogP contribution in [0.3, 0.4) is 0 Å². The van der Waals surface area contributed by atoms with Crippen molar-refractivity contribution < 1.29 is 9.59 Å². The fraction of sp³-hybridized carbons (Fsp3) is 0.875. The van der Waals surface area contributed by atoms with Crippen molar-refractivity contribution in [2.75, 3.05) is 0 Å². The molecule has 0 radical (unpaired) electrons. The molecule has 3 unspecified atom stereocenters. The Hall–Kier alpha value is -0.900. The van der Waals surface area contributed by atoms with Gasteiger partial charge >= 0.3 is 0 Å². The van der Waals surface area contributed by atoms with E-state index in [0.29, 0.717) is 12.3 Å². The lowest BCUT2D eigenvalue weighted by atomic mass is 9.99. The van der Waals surface area contributed by atoms with E-state index in [4.69, 9.17) is 0 Å². The lowest BCUT2D eigenvalue weighted by molar-refractivity contribution is -0.141. The molecule has 0 aromatic rings. The van der Waals surface area contributed by atoms with Crippen molar-refractivity contribution in [3.05, 3.63) is 0 Å². The highest BCUT2D eigenvalue weighted by Crippen LogP contribution is 2.28. The highest BCUT2D eigenvalue weighted by molar-refractivity contribution is 6.05. The molecule has 0 spiro atoms. The van der Waals surface area contributed by atoms with E-state index in [9.17, 15) is 9.59 Å². The van der Waals surface area contributed by atoms with Gasteiger partial charge in [-0.1, -0.05) is 33.1 Å². The van der Waals surface area contributed by atoms with Gasteiger partial charge in [-0.15, -0.1) is 0 Å². The number of carbonyl (C=O) groups is 2. The van der Waals surface area contributed by atoms with Gasteiger partial charge in [-0.25, -0.2) is 0 Å². The van der Waals surface area contributed by atoms with Crippen molar-refractivity contribution in [2.24, 2.45) is 5.92 Å². The number of amides is 2. The minimum atomic E-state index is -0.290. The van der Waals surface area contributed by atoms with Crippen molar-refractivity contribution in [1.82, 2.24) is 10.2 Å². The van der Waals surface area contributed by atoms with Gasteiger partial charge in [0.15, 0.2) is 0 Å². The molecule has 1 saturated carbocycles. The summed E-state index contributed by atoms with van der Waals surface area (Å²) in [6, 6.07) is 0.170. The predicted molar refractivity (Wildman–Crippen MR) is 79.2 cm³/mol. The topological polar surface area (TPSA) is 49.4 Å². The number of hydrogen-bond donors (Lipinski definition) is 1. The van der Waals surface area contributed by atoms with E-state index in [1.165, 1.54) is 0 Å². The van der Waals surface area contributed by atoms with E-state index < -0.39 is 0 Å². The summed E-state index contributed by atoms with van der Waals surface area (Å²) >= 11 is 0. The van der Waals surface area contributed by atoms with Gasteiger partial charge in [-0.3, -0.25) is 14.5 Å². The zero-order chi connectivity index (χ0) is 14.7. The number of nitrogens with one attached hydrogen (secondary N) is 1. The molecule has 2 aliphatic rings. The van der Waals surface area contributed by atoms with Crippen LogP contribution in [0.2, 0.25) is 0 Å². The Kier molecular flexibility index (Phi) is 5.19. The van der Waals surface area contributed by atoms with E-state index in [1.54, 1.807) is 4.90 Å². The van der Waals surface area contributed by atoms with Crippen LogP contribution in [-0.2, 0) is 9.59 Å². The molecule has 1 saturated heterocycles. The first-order valence-corrected chi connectivity index (χ1v) is 8.14. The predicted octanol–water partition coefficient (Wildman–Crippen LogP) is 2.47. The Balaban J connectivity index is 1.90. The standard InChI is InChI=1S/C16H28N2O2/c1-4-11(2)9-12(3)17-14-10-15(19)18(16(14)20)13-7-5-6-8-13/h11-14,17H,4-10H2,1-3H3. The third-order valence-corrected chi connectivity index (χ3v) is 4.81. The molecule has 1 heterocycles. The fourth-order valence-corrected chi connectivity index (χ4v) is 3.51. The van der Waals surface area contributed by atoms with Crippen molar-refractivity contribution >= 4 is 11.8 Å². The number of imide groups is 1. The van der Waals surface area contributed by atoms with Gasteiger partial charge in [0.1, 0.15) is 0 Å². The van der Waals surface area contributed by atoms with E-state index in [1.807, 2.05) is 0 Å². The summed E-state index contributed by atoms with van der Waals surface area (Å²) in [6.07, 6.45) is 6.82. The van der Waals surface area contributed by atoms with Gasteiger partial charge in [-0.2, -0.15) is 0 Å². The average molecular weight is 280 g/mol. The second kappa shape index (κ2) is 6.70. The third-order valence-electron chi connectivity index (χ3n) is 4.81. The molecule has 0 bridgehead atoms. The maximum absolute atomic E-state index is 12.4. The fourth-order valence-electron chi connectivity index (χ4n) is 3.51. The van der Waals surface area contributed by atoms with Crippen molar-refractivity contribution in [3.8, 4) is 0 Å². The molecular formula is C16H28N2O2. The summed E-state index contributed by atoms with van der Waals surface area (Å²) in [5.74, 6) is 0.684. The van der Waals surface area contributed by atoms with Crippen molar-refractivity contribution in [2.45, 2.75) is 83.8 Å². The first-order chi connectivity index (χ1) is 9.52. The summed E-state index contributed by atoms with van der Waals surface area (Å²) in [6.45, 7) is 6.52. The molecule has 1 aliphatic carbocycles. The average Bonchev–Trinajstić information content (AvgIpc) is 2.99. The second-order valence-electron chi connectivity index (χ2n) is 6.61. The number of carbonyl (C=O) groups excluding carboxylic acids is 2. The van der Waals surface area contributed by atoms with Crippen LogP contribution < -0.4 is 5.32 Å². The summed E-state index contributed by atoms with van der Waals surface area (Å²) in [7, 11) is 0. The molecule has 0 aromatic carbocycles. The Morgan fingerprint density at radius 1 is 1.25 bits per heavy atom. The molecule has 1 N–H and O–H groups in total. The molecule has 4 heteroatoms. The van der Waals surface area contributed by atoms with E-state index in [-0.39, 0.29) is 29.9 Å². The van der Waals surface area contributed by atoms with Crippen LogP contribution in [-0.4, -0.2) is 34.8 Å². The number of rotatable bonds is 6. The minimum absolute atomic E-state index is 0.0119. The summed E-state index contributed by atoms with van der Waals surface area (Å²) in [5, 5.41) is 3.37. The molecule has 114 valence electrons. The Morgan fingerprint density at radius 3 is 2.50 bits per heavy atom. The molecular weight excluding hydrogens is 252 g/mol. The van der Waals surface area contributed by atoms with Crippen molar-refractivity contribution in [1.29, 1.82) is 0 Å². The SMILES string of the molecule is CCC(C)CC(C)NC1CC(=O)N(C2CCCC2)C1=O. The molecule has 1 aliphatic heterocycles. The normalized spacial score (nSPS) is 27.4. The summed E-state index contributed by atoms with van der Waals surface area (Å²) in [5.41, 5.74) is 0. The molecule has 2 fully saturated rings. The molecule has 4 nitrogen and oxygen atoms in total. The Morgan fingerprint density at radius 2 is 1.90 bits per heavy atom. The van der Waals surface area contributed by atoms with Crippen LogP contribution in [0.15, 0.2) is 0 Å². The summed E-state index contributed by atoms with van der Waals surface area (Å²) in [4.78, 5) is 26.1. The summed E-state index contributed by atoms with van der Waals surface area (Å²) < 4.78 is 0. The van der Waals surface area contributed by atoms with Crippen LogP contribution in [0, 0.1) is 5.92 Å².